The third-order valence-electron chi connectivity index (χ3n) is 3.05. The molecule has 0 saturated heterocycles. The van der Waals surface area contributed by atoms with E-state index in [2.05, 4.69) is 4.98 Å². The molecule has 2 rings (SSSR count). The first-order valence-electron chi connectivity index (χ1n) is 6.80. The van der Waals surface area contributed by atoms with Crippen molar-refractivity contribution in [3.63, 3.8) is 0 Å². The average molecular weight is 399 g/mol. The Hall–Kier alpha value is -2.49. The third kappa shape index (κ3) is 4.78. The van der Waals surface area contributed by atoms with Gasteiger partial charge in [-0.25, -0.2) is 4.98 Å². The van der Waals surface area contributed by atoms with Gasteiger partial charge in [0, 0.05) is 6.20 Å². The predicted molar refractivity (Wildman–Crippen MR) is 78.7 cm³/mol. The van der Waals surface area contributed by atoms with Crippen LogP contribution in [0.15, 0.2) is 36.5 Å². The van der Waals surface area contributed by atoms with Crippen LogP contribution in [0.2, 0.25) is 5.02 Å². The van der Waals surface area contributed by atoms with Crippen LogP contribution in [-0.2, 0) is 12.4 Å². The molecule has 140 valence electrons. The summed E-state index contributed by atoms with van der Waals surface area (Å²) >= 11 is 5.60. The highest BCUT2D eigenvalue weighted by Gasteiger charge is 2.35. The molecule has 2 aromatic rings. The molecule has 11 heteroatoms. The molecule has 0 aliphatic rings. The monoisotopic (exact) mass is 398 g/mol. The zero-order valence-electron chi connectivity index (χ0n) is 12.6. The molecule has 1 N–H and O–H groups in total. The number of amides is 1. The minimum Gasteiger partial charge on any atom is -0.455 e. The average Bonchev–Trinajstić information content (AvgIpc) is 2.54. The lowest BCUT2D eigenvalue weighted by Gasteiger charge is -2.13. The Morgan fingerprint density at radius 3 is 2.35 bits per heavy atom. The summed E-state index contributed by atoms with van der Waals surface area (Å²) in [5, 5.41) is 1.58. The summed E-state index contributed by atoms with van der Waals surface area (Å²) in [6.45, 7) is -0.650. The second-order valence-corrected chi connectivity index (χ2v) is 5.25. The molecule has 0 atom stereocenters. The van der Waals surface area contributed by atoms with E-state index in [-0.39, 0.29) is 0 Å². The summed E-state index contributed by atoms with van der Waals surface area (Å²) < 4.78 is 80.9. The van der Waals surface area contributed by atoms with Crippen molar-refractivity contribution in [1.82, 2.24) is 10.3 Å². The zero-order valence-corrected chi connectivity index (χ0v) is 13.3. The molecule has 0 radical (unpaired) electrons. The number of pyridine rings is 1. The quantitative estimate of drug-likeness (QED) is 0.608. The number of carbonyl (C=O) groups excluding carboxylic acids is 1. The molecule has 4 nitrogen and oxygen atoms in total. The van der Waals surface area contributed by atoms with Gasteiger partial charge >= 0.3 is 12.4 Å². The Balaban J connectivity index is 2.04. The van der Waals surface area contributed by atoms with Crippen LogP contribution in [0.5, 0.6) is 5.88 Å². The normalized spacial score (nSPS) is 12.0. The van der Waals surface area contributed by atoms with Crippen LogP contribution >= 0.6 is 11.6 Å². The van der Waals surface area contributed by atoms with E-state index in [0.29, 0.717) is 12.3 Å². The molecule has 1 amide bonds. The van der Waals surface area contributed by atoms with Crippen molar-refractivity contribution < 1.29 is 35.9 Å². The number of carbonyl (C=O) groups is 1. The maximum atomic E-state index is 12.9. The highest BCUT2D eigenvalue weighted by molar-refractivity contribution is 6.31. The Morgan fingerprint density at radius 1 is 1.12 bits per heavy atom. The fraction of sp³-hybridized carbons (Fsp3) is 0.200. The summed E-state index contributed by atoms with van der Waals surface area (Å²) in [5.41, 5.74) is -2.86. The van der Waals surface area contributed by atoms with E-state index >= 15 is 0 Å². The van der Waals surface area contributed by atoms with Gasteiger partial charge in [-0.05, 0) is 18.2 Å². The molecule has 0 saturated carbocycles. The summed E-state index contributed by atoms with van der Waals surface area (Å²) in [6.07, 6.45) is -8.90. The van der Waals surface area contributed by atoms with Crippen molar-refractivity contribution in [2.75, 3.05) is 6.73 Å². The number of benzene rings is 1. The number of alkyl halides is 6. The van der Waals surface area contributed by atoms with Crippen molar-refractivity contribution in [1.29, 1.82) is 0 Å². The number of ether oxygens (including phenoxy) is 1. The molecular weight excluding hydrogens is 390 g/mol. The fourth-order valence-corrected chi connectivity index (χ4v) is 2.10. The number of nitrogens with zero attached hydrogens (tertiary/aromatic N) is 1. The molecule has 1 aromatic heterocycles. The van der Waals surface area contributed by atoms with Crippen LogP contribution in [0.1, 0.15) is 21.5 Å². The lowest BCUT2D eigenvalue weighted by molar-refractivity contribution is -0.138. The Kier molecular flexibility index (Phi) is 5.65. The zero-order chi connectivity index (χ0) is 19.5. The maximum Gasteiger partial charge on any atom is 0.417 e. The molecule has 0 bridgehead atoms. The van der Waals surface area contributed by atoms with E-state index in [4.69, 9.17) is 16.3 Å². The van der Waals surface area contributed by atoms with Crippen LogP contribution in [0, 0.1) is 0 Å². The van der Waals surface area contributed by atoms with Crippen LogP contribution in [-0.4, -0.2) is 17.6 Å². The minimum absolute atomic E-state index is 0.413. The van der Waals surface area contributed by atoms with Gasteiger partial charge in [0.1, 0.15) is 5.02 Å². The fourth-order valence-electron chi connectivity index (χ4n) is 1.88. The predicted octanol–water partition coefficient (Wildman–Crippen LogP) is 4.54. The molecule has 26 heavy (non-hydrogen) atoms. The SMILES string of the molecule is O=C(NCOc1ncc(C(F)(F)F)cc1Cl)c1ccccc1C(F)(F)F. The second-order valence-electron chi connectivity index (χ2n) is 4.85. The number of hydrogen-bond acceptors (Lipinski definition) is 3. The van der Waals surface area contributed by atoms with Gasteiger partial charge in [-0.15, -0.1) is 0 Å². The molecule has 0 fully saturated rings. The van der Waals surface area contributed by atoms with E-state index in [1.54, 1.807) is 0 Å². The van der Waals surface area contributed by atoms with Gasteiger partial charge < -0.3 is 10.1 Å². The molecule has 0 aliphatic carbocycles. The van der Waals surface area contributed by atoms with E-state index in [0.717, 1.165) is 18.2 Å². The Labute approximate surface area is 147 Å². The van der Waals surface area contributed by atoms with Crippen molar-refractivity contribution in [2.24, 2.45) is 0 Å². The van der Waals surface area contributed by atoms with Gasteiger partial charge in [0.25, 0.3) is 5.91 Å². The lowest BCUT2D eigenvalue weighted by Crippen LogP contribution is -2.30. The number of aromatic nitrogens is 1. The van der Waals surface area contributed by atoms with Crippen molar-refractivity contribution >= 4 is 17.5 Å². The van der Waals surface area contributed by atoms with Gasteiger partial charge in [-0.2, -0.15) is 26.3 Å². The maximum absolute atomic E-state index is 12.9. The van der Waals surface area contributed by atoms with Crippen LogP contribution in [0.4, 0.5) is 26.3 Å². The highest BCUT2D eigenvalue weighted by atomic mass is 35.5. The summed E-state index contributed by atoms with van der Waals surface area (Å²) in [4.78, 5) is 15.2. The minimum atomic E-state index is -4.73. The van der Waals surface area contributed by atoms with Crippen molar-refractivity contribution in [3.8, 4) is 5.88 Å². The molecule has 1 heterocycles. The van der Waals surface area contributed by atoms with Gasteiger partial charge in [-0.3, -0.25) is 4.79 Å². The molecule has 0 aliphatic heterocycles. The topological polar surface area (TPSA) is 51.2 Å². The highest BCUT2D eigenvalue weighted by Crippen LogP contribution is 2.33. The Morgan fingerprint density at radius 2 is 1.77 bits per heavy atom. The van der Waals surface area contributed by atoms with Crippen LogP contribution < -0.4 is 10.1 Å². The first-order chi connectivity index (χ1) is 12.0. The van der Waals surface area contributed by atoms with Gasteiger partial charge in [0.05, 0.1) is 16.7 Å². The van der Waals surface area contributed by atoms with Crippen LogP contribution in [0.3, 0.4) is 0 Å². The van der Waals surface area contributed by atoms with Crippen molar-refractivity contribution in [3.05, 3.63) is 58.2 Å². The number of rotatable bonds is 4. The third-order valence-corrected chi connectivity index (χ3v) is 3.32. The second kappa shape index (κ2) is 7.40. The standard InChI is InChI=1S/C15H9ClF6N2O2/c16-11-5-8(14(17,18)19)6-23-13(11)26-7-24-12(25)9-3-1-2-4-10(9)15(20,21)22/h1-6H,7H2,(H,24,25). The van der Waals surface area contributed by atoms with Gasteiger partial charge in [0.15, 0.2) is 6.73 Å². The van der Waals surface area contributed by atoms with Gasteiger partial charge in [-0.1, -0.05) is 23.7 Å². The smallest absolute Gasteiger partial charge is 0.417 e. The largest absolute Gasteiger partial charge is 0.455 e. The van der Waals surface area contributed by atoms with Gasteiger partial charge in [0.2, 0.25) is 5.88 Å². The number of halogens is 7. The Bertz CT molecular complexity index is 807. The summed E-state index contributed by atoms with van der Waals surface area (Å²) in [7, 11) is 0. The molecule has 0 spiro atoms. The van der Waals surface area contributed by atoms with Crippen LogP contribution in [0.25, 0.3) is 0 Å². The molecule has 0 unspecified atom stereocenters. The van der Waals surface area contributed by atoms with E-state index in [9.17, 15) is 31.1 Å². The van der Waals surface area contributed by atoms with Crippen molar-refractivity contribution in [2.45, 2.75) is 12.4 Å². The summed E-state index contributed by atoms with van der Waals surface area (Å²) in [6, 6.07) is 4.66. The molecular formula is C15H9ClF6N2O2. The summed E-state index contributed by atoms with van der Waals surface area (Å²) in [5.74, 6) is -1.50. The van der Waals surface area contributed by atoms with E-state index in [1.165, 1.54) is 6.07 Å². The van der Waals surface area contributed by atoms with E-state index in [1.807, 2.05) is 5.32 Å². The lowest BCUT2D eigenvalue weighted by atomic mass is 10.1. The first kappa shape index (κ1) is 19.8. The first-order valence-corrected chi connectivity index (χ1v) is 7.18. The van der Waals surface area contributed by atoms with E-state index < -0.39 is 52.6 Å². The number of nitrogens with one attached hydrogen (secondary N) is 1. The number of hydrogen-bond donors (Lipinski definition) is 1. The molecule has 1 aromatic carbocycles.